The Morgan fingerprint density at radius 1 is 1.23 bits per heavy atom. The second kappa shape index (κ2) is 6.44. The second-order valence-corrected chi connectivity index (χ2v) is 6.16. The first-order chi connectivity index (χ1) is 10.6. The van der Waals surface area contributed by atoms with Crippen LogP contribution in [0.4, 0.5) is 5.69 Å². The molecule has 6 heteroatoms. The summed E-state index contributed by atoms with van der Waals surface area (Å²) < 4.78 is 0. The number of amides is 1. The summed E-state index contributed by atoms with van der Waals surface area (Å²) in [6.07, 6.45) is 4.98. The first kappa shape index (κ1) is 15.0. The van der Waals surface area contributed by atoms with Gasteiger partial charge in [0.15, 0.2) is 0 Å². The SMILES string of the molecule is O=C(Cc1ccc([N+](=O)[O-])cc1)N[C@@H]1CCN2CCCC[C@H]12. The number of nitrogens with zero attached hydrogens (tertiary/aromatic N) is 2. The molecule has 0 radical (unpaired) electrons. The Balaban J connectivity index is 1.55. The highest BCUT2D eigenvalue weighted by Crippen LogP contribution is 2.27. The van der Waals surface area contributed by atoms with Gasteiger partial charge in [-0.15, -0.1) is 0 Å². The first-order valence-electron chi connectivity index (χ1n) is 7.90. The van der Waals surface area contributed by atoms with Crippen molar-refractivity contribution >= 4 is 11.6 Å². The summed E-state index contributed by atoms with van der Waals surface area (Å²) in [6, 6.07) is 6.95. The minimum Gasteiger partial charge on any atom is -0.351 e. The molecule has 2 saturated heterocycles. The number of rotatable bonds is 4. The highest BCUT2D eigenvalue weighted by molar-refractivity contribution is 5.79. The Hall–Kier alpha value is -1.95. The number of carbonyl (C=O) groups excluding carboxylic acids is 1. The van der Waals surface area contributed by atoms with Crippen molar-refractivity contribution in [2.75, 3.05) is 13.1 Å². The lowest BCUT2D eigenvalue weighted by atomic mass is 9.99. The van der Waals surface area contributed by atoms with Crippen LogP contribution in [-0.4, -0.2) is 40.9 Å². The van der Waals surface area contributed by atoms with Crippen LogP contribution in [0.1, 0.15) is 31.2 Å². The lowest BCUT2D eigenvalue weighted by Gasteiger charge is -2.32. The second-order valence-electron chi connectivity index (χ2n) is 6.16. The highest BCUT2D eigenvalue weighted by Gasteiger charge is 2.36. The van der Waals surface area contributed by atoms with E-state index in [0.717, 1.165) is 25.1 Å². The number of hydrogen-bond donors (Lipinski definition) is 1. The van der Waals surface area contributed by atoms with Gasteiger partial charge in [-0.1, -0.05) is 18.6 Å². The van der Waals surface area contributed by atoms with E-state index in [2.05, 4.69) is 10.2 Å². The van der Waals surface area contributed by atoms with Crippen LogP contribution >= 0.6 is 0 Å². The van der Waals surface area contributed by atoms with Crippen LogP contribution in [0.2, 0.25) is 0 Å². The summed E-state index contributed by atoms with van der Waals surface area (Å²) in [5.41, 5.74) is 0.861. The minimum atomic E-state index is -0.431. The van der Waals surface area contributed by atoms with E-state index >= 15 is 0 Å². The number of piperidine rings is 1. The molecule has 1 aromatic carbocycles. The van der Waals surface area contributed by atoms with E-state index < -0.39 is 4.92 Å². The molecule has 0 aromatic heterocycles. The van der Waals surface area contributed by atoms with E-state index in [4.69, 9.17) is 0 Å². The lowest BCUT2D eigenvalue weighted by molar-refractivity contribution is -0.384. The van der Waals surface area contributed by atoms with Gasteiger partial charge in [0, 0.05) is 30.8 Å². The van der Waals surface area contributed by atoms with Gasteiger partial charge in [0.25, 0.3) is 5.69 Å². The van der Waals surface area contributed by atoms with Crippen molar-refractivity contribution in [1.29, 1.82) is 0 Å². The van der Waals surface area contributed by atoms with Gasteiger partial charge in [-0.25, -0.2) is 0 Å². The molecule has 118 valence electrons. The fourth-order valence-corrected chi connectivity index (χ4v) is 3.59. The molecule has 0 bridgehead atoms. The number of non-ortho nitro benzene ring substituents is 1. The number of carbonyl (C=O) groups is 1. The van der Waals surface area contributed by atoms with Crippen molar-refractivity contribution in [2.45, 2.75) is 44.2 Å². The van der Waals surface area contributed by atoms with Gasteiger partial charge in [-0.2, -0.15) is 0 Å². The molecule has 6 nitrogen and oxygen atoms in total. The molecule has 2 fully saturated rings. The van der Waals surface area contributed by atoms with E-state index in [0.29, 0.717) is 6.04 Å². The van der Waals surface area contributed by atoms with Gasteiger partial charge in [-0.05, 0) is 31.4 Å². The van der Waals surface area contributed by atoms with Gasteiger partial charge < -0.3 is 5.32 Å². The quantitative estimate of drug-likeness (QED) is 0.680. The van der Waals surface area contributed by atoms with Crippen LogP contribution in [0.5, 0.6) is 0 Å². The number of hydrogen-bond acceptors (Lipinski definition) is 4. The van der Waals surface area contributed by atoms with Gasteiger partial charge in [0.1, 0.15) is 0 Å². The highest BCUT2D eigenvalue weighted by atomic mass is 16.6. The number of nitrogens with one attached hydrogen (secondary N) is 1. The van der Waals surface area contributed by atoms with E-state index in [1.165, 1.54) is 31.4 Å². The lowest BCUT2D eigenvalue weighted by Crippen LogP contribution is -2.47. The summed E-state index contributed by atoms with van der Waals surface area (Å²) in [5, 5.41) is 13.8. The molecule has 2 atom stereocenters. The molecular weight excluding hydrogens is 282 g/mol. The molecule has 0 aliphatic carbocycles. The number of fused-ring (bicyclic) bond motifs is 1. The molecule has 0 unspecified atom stereocenters. The monoisotopic (exact) mass is 303 g/mol. The van der Waals surface area contributed by atoms with Crippen molar-refractivity contribution in [1.82, 2.24) is 10.2 Å². The molecule has 1 amide bonds. The van der Waals surface area contributed by atoms with E-state index in [9.17, 15) is 14.9 Å². The van der Waals surface area contributed by atoms with Crippen molar-refractivity contribution < 1.29 is 9.72 Å². The largest absolute Gasteiger partial charge is 0.351 e. The normalized spacial score (nSPS) is 24.7. The maximum absolute atomic E-state index is 12.2. The van der Waals surface area contributed by atoms with Crippen molar-refractivity contribution in [3.8, 4) is 0 Å². The Morgan fingerprint density at radius 2 is 2.00 bits per heavy atom. The van der Waals surface area contributed by atoms with E-state index in [1.54, 1.807) is 12.1 Å². The predicted octanol–water partition coefficient (Wildman–Crippen LogP) is 1.88. The summed E-state index contributed by atoms with van der Waals surface area (Å²) in [6.45, 7) is 2.23. The number of nitro groups is 1. The molecule has 0 spiro atoms. The van der Waals surface area contributed by atoms with Crippen LogP contribution < -0.4 is 5.32 Å². The fourth-order valence-electron chi connectivity index (χ4n) is 3.59. The van der Waals surface area contributed by atoms with Crippen LogP contribution in [-0.2, 0) is 11.2 Å². The summed E-state index contributed by atoms with van der Waals surface area (Å²) in [4.78, 5) is 24.9. The minimum absolute atomic E-state index is 0.00581. The third-order valence-corrected chi connectivity index (χ3v) is 4.71. The van der Waals surface area contributed by atoms with Crippen LogP contribution in [0.3, 0.4) is 0 Å². The van der Waals surface area contributed by atoms with Gasteiger partial charge in [0.05, 0.1) is 11.3 Å². The molecule has 3 rings (SSSR count). The summed E-state index contributed by atoms with van der Waals surface area (Å²) >= 11 is 0. The topological polar surface area (TPSA) is 75.5 Å². The molecule has 22 heavy (non-hydrogen) atoms. The molecule has 2 heterocycles. The van der Waals surface area contributed by atoms with Crippen molar-refractivity contribution in [2.24, 2.45) is 0 Å². The average Bonchev–Trinajstić information content (AvgIpc) is 2.91. The molecule has 2 aliphatic heterocycles. The predicted molar refractivity (Wildman–Crippen MR) is 82.6 cm³/mol. The van der Waals surface area contributed by atoms with Gasteiger partial charge in [-0.3, -0.25) is 19.8 Å². The Labute approximate surface area is 129 Å². The summed E-state index contributed by atoms with van der Waals surface area (Å²) in [5.74, 6) is 0.00581. The molecule has 0 saturated carbocycles. The Morgan fingerprint density at radius 3 is 2.73 bits per heavy atom. The van der Waals surface area contributed by atoms with E-state index in [1.807, 2.05) is 0 Å². The third kappa shape index (κ3) is 3.27. The van der Waals surface area contributed by atoms with Crippen LogP contribution in [0, 0.1) is 10.1 Å². The van der Waals surface area contributed by atoms with Gasteiger partial charge >= 0.3 is 0 Å². The third-order valence-electron chi connectivity index (χ3n) is 4.71. The van der Waals surface area contributed by atoms with Crippen molar-refractivity contribution in [3.63, 3.8) is 0 Å². The zero-order chi connectivity index (χ0) is 15.5. The summed E-state index contributed by atoms with van der Waals surface area (Å²) in [7, 11) is 0. The van der Waals surface area contributed by atoms with E-state index in [-0.39, 0.29) is 24.1 Å². The zero-order valence-corrected chi connectivity index (χ0v) is 12.5. The Kier molecular flexibility index (Phi) is 4.38. The molecule has 1 aromatic rings. The van der Waals surface area contributed by atoms with Gasteiger partial charge in [0.2, 0.25) is 5.91 Å². The smallest absolute Gasteiger partial charge is 0.269 e. The molecular formula is C16H21N3O3. The number of benzene rings is 1. The number of nitro benzene ring substituents is 1. The molecule has 2 aliphatic rings. The standard InChI is InChI=1S/C16H21N3O3/c20-16(11-12-4-6-13(7-5-12)19(21)22)17-14-8-10-18-9-2-1-3-15(14)18/h4-7,14-15H,1-3,8-11H2,(H,17,20)/t14-,15-/m1/s1. The van der Waals surface area contributed by atoms with Crippen LogP contribution in [0.25, 0.3) is 0 Å². The zero-order valence-electron chi connectivity index (χ0n) is 12.5. The van der Waals surface area contributed by atoms with Crippen molar-refractivity contribution in [3.05, 3.63) is 39.9 Å². The maximum atomic E-state index is 12.2. The Bertz CT molecular complexity index is 558. The molecule has 1 N–H and O–H groups in total. The fraction of sp³-hybridized carbons (Fsp3) is 0.562. The first-order valence-corrected chi connectivity index (χ1v) is 7.90. The maximum Gasteiger partial charge on any atom is 0.269 e. The van der Waals surface area contributed by atoms with Crippen LogP contribution in [0.15, 0.2) is 24.3 Å². The average molecular weight is 303 g/mol.